The van der Waals surface area contributed by atoms with Crippen LogP contribution in [0.15, 0.2) is 53.9 Å². The van der Waals surface area contributed by atoms with Crippen molar-refractivity contribution in [2.75, 3.05) is 19.0 Å². The Bertz CT molecular complexity index is 865. The van der Waals surface area contributed by atoms with Gasteiger partial charge in [0.15, 0.2) is 11.7 Å². The summed E-state index contributed by atoms with van der Waals surface area (Å²) in [7, 11) is 1.62. The van der Waals surface area contributed by atoms with Gasteiger partial charge in [-0.15, -0.1) is 11.3 Å². The quantitative estimate of drug-likeness (QED) is 0.546. The topological polar surface area (TPSA) is 60.5 Å². The number of nitrogens with one attached hydrogen (secondary N) is 1. The van der Waals surface area contributed by atoms with Crippen LogP contribution in [-0.2, 0) is 4.79 Å². The zero-order valence-electron chi connectivity index (χ0n) is 13.4. The minimum atomic E-state index is -0.250. The van der Waals surface area contributed by atoms with Crippen LogP contribution in [-0.4, -0.2) is 24.6 Å². The Labute approximate surface area is 163 Å². The van der Waals surface area contributed by atoms with Crippen LogP contribution in [0.3, 0.4) is 0 Å². The number of anilines is 1. The lowest BCUT2D eigenvalue weighted by Crippen LogP contribution is -2.20. The molecule has 0 radical (unpaired) electrons. The molecule has 0 aliphatic rings. The van der Waals surface area contributed by atoms with Crippen molar-refractivity contribution in [3.8, 4) is 22.8 Å². The third kappa shape index (κ3) is 4.70. The van der Waals surface area contributed by atoms with E-state index in [0.29, 0.717) is 10.9 Å². The summed E-state index contributed by atoms with van der Waals surface area (Å²) >= 11 is 3.58. The highest BCUT2D eigenvalue weighted by Gasteiger charge is 2.11. The second kappa shape index (κ2) is 8.30. The molecule has 3 rings (SSSR count). The maximum atomic E-state index is 12.0. The Balaban J connectivity index is 1.61. The van der Waals surface area contributed by atoms with Crippen molar-refractivity contribution in [1.82, 2.24) is 4.98 Å². The lowest BCUT2D eigenvalue weighted by atomic mass is 10.1. The Morgan fingerprint density at radius 1 is 1.20 bits per heavy atom. The molecule has 0 fully saturated rings. The molecule has 1 amide bonds. The maximum absolute atomic E-state index is 12.0. The highest BCUT2D eigenvalue weighted by Crippen LogP contribution is 2.31. The predicted molar refractivity (Wildman–Crippen MR) is 107 cm³/mol. The van der Waals surface area contributed by atoms with Crippen LogP contribution in [0.25, 0.3) is 11.3 Å². The van der Waals surface area contributed by atoms with Crippen LogP contribution in [0.4, 0.5) is 5.13 Å². The average Bonchev–Trinajstić information content (AvgIpc) is 3.09. The van der Waals surface area contributed by atoms with Gasteiger partial charge in [0.2, 0.25) is 0 Å². The SMILES string of the molecule is COc1ccccc1-c1csc(NC(=O)COc2ccc(I)cc2)n1. The maximum Gasteiger partial charge on any atom is 0.264 e. The van der Waals surface area contributed by atoms with Crippen molar-refractivity contribution < 1.29 is 14.3 Å². The van der Waals surface area contributed by atoms with E-state index in [4.69, 9.17) is 9.47 Å². The van der Waals surface area contributed by atoms with Gasteiger partial charge in [-0.3, -0.25) is 10.1 Å². The second-order valence-electron chi connectivity index (χ2n) is 5.03. The van der Waals surface area contributed by atoms with E-state index in [9.17, 15) is 4.79 Å². The van der Waals surface area contributed by atoms with Crippen molar-refractivity contribution >= 4 is 45.0 Å². The van der Waals surface area contributed by atoms with Crippen LogP contribution >= 0.6 is 33.9 Å². The molecule has 0 saturated carbocycles. The van der Waals surface area contributed by atoms with Crippen molar-refractivity contribution in [3.63, 3.8) is 0 Å². The predicted octanol–water partition coefficient (Wildman–Crippen LogP) is 4.44. The molecule has 0 spiro atoms. The molecule has 128 valence electrons. The summed E-state index contributed by atoms with van der Waals surface area (Å²) < 4.78 is 11.9. The highest BCUT2D eigenvalue weighted by atomic mass is 127. The van der Waals surface area contributed by atoms with Gasteiger partial charge in [-0.1, -0.05) is 12.1 Å². The smallest absolute Gasteiger partial charge is 0.264 e. The number of benzene rings is 2. The number of rotatable bonds is 6. The molecular formula is C18H15IN2O3S. The first kappa shape index (κ1) is 17.7. The Hall–Kier alpha value is -2.13. The number of para-hydroxylation sites is 1. The third-order valence-corrected chi connectivity index (χ3v) is 4.79. The lowest BCUT2D eigenvalue weighted by molar-refractivity contribution is -0.118. The number of nitrogens with zero attached hydrogens (tertiary/aromatic N) is 1. The number of methoxy groups -OCH3 is 1. The van der Waals surface area contributed by atoms with Gasteiger partial charge < -0.3 is 9.47 Å². The van der Waals surface area contributed by atoms with E-state index < -0.39 is 0 Å². The van der Waals surface area contributed by atoms with Crippen LogP contribution in [0, 0.1) is 3.57 Å². The fourth-order valence-corrected chi connectivity index (χ4v) is 3.23. The fraction of sp³-hybridized carbons (Fsp3) is 0.111. The van der Waals surface area contributed by atoms with Crippen molar-refractivity contribution in [3.05, 3.63) is 57.5 Å². The van der Waals surface area contributed by atoms with E-state index >= 15 is 0 Å². The molecule has 25 heavy (non-hydrogen) atoms. The zero-order valence-corrected chi connectivity index (χ0v) is 16.3. The standard InChI is InChI=1S/C18H15IN2O3S/c1-23-16-5-3-2-4-14(16)15-11-25-18(20-15)21-17(22)10-24-13-8-6-12(19)7-9-13/h2-9,11H,10H2,1H3,(H,20,21,22). The molecule has 0 saturated heterocycles. The number of hydrogen-bond donors (Lipinski definition) is 1. The number of ether oxygens (including phenoxy) is 2. The van der Waals surface area contributed by atoms with E-state index in [-0.39, 0.29) is 12.5 Å². The van der Waals surface area contributed by atoms with Crippen molar-refractivity contribution in [2.45, 2.75) is 0 Å². The van der Waals surface area contributed by atoms with Gasteiger partial charge in [0.1, 0.15) is 11.5 Å². The number of thiazole rings is 1. The van der Waals surface area contributed by atoms with E-state index in [0.717, 1.165) is 20.6 Å². The summed E-state index contributed by atoms with van der Waals surface area (Å²) in [5.41, 5.74) is 1.65. The second-order valence-corrected chi connectivity index (χ2v) is 7.13. The van der Waals surface area contributed by atoms with Gasteiger partial charge in [0.25, 0.3) is 5.91 Å². The van der Waals surface area contributed by atoms with E-state index in [1.807, 2.05) is 53.9 Å². The summed E-state index contributed by atoms with van der Waals surface area (Å²) in [6, 6.07) is 15.1. The van der Waals surface area contributed by atoms with Crippen LogP contribution in [0.5, 0.6) is 11.5 Å². The number of hydrogen-bond acceptors (Lipinski definition) is 5. The lowest BCUT2D eigenvalue weighted by Gasteiger charge is -2.06. The Morgan fingerprint density at radius 2 is 1.96 bits per heavy atom. The summed E-state index contributed by atoms with van der Waals surface area (Å²) in [6.45, 7) is -0.0653. The molecule has 5 nitrogen and oxygen atoms in total. The first-order valence-electron chi connectivity index (χ1n) is 7.43. The minimum absolute atomic E-state index is 0.0653. The average molecular weight is 466 g/mol. The molecule has 7 heteroatoms. The van der Waals surface area contributed by atoms with Crippen LogP contribution in [0.1, 0.15) is 0 Å². The van der Waals surface area contributed by atoms with Gasteiger partial charge in [0, 0.05) is 14.5 Å². The minimum Gasteiger partial charge on any atom is -0.496 e. The molecular weight excluding hydrogens is 451 g/mol. The van der Waals surface area contributed by atoms with Gasteiger partial charge in [-0.25, -0.2) is 4.98 Å². The monoisotopic (exact) mass is 466 g/mol. The van der Waals surface area contributed by atoms with Crippen LogP contribution in [0.2, 0.25) is 0 Å². The molecule has 0 atom stereocenters. The molecule has 1 N–H and O–H groups in total. The molecule has 0 aliphatic heterocycles. The van der Waals surface area contributed by atoms with E-state index in [1.54, 1.807) is 7.11 Å². The third-order valence-electron chi connectivity index (χ3n) is 3.32. The summed E-state index contributed by atoms with van der Waals surface area (Å²) in [5.74, 6) is 1.15. The first-order chi connectivity index (χ1) is 12.2. The van der Waals surface area contributed by atoms with Gasteiger partial charge in [-0.2, -0.15) is 0 Å². The van der Waals surface area contributed by atoms with Gasteiger partial charge in [0.05, 0.1) is 12.8 Å². The number of carbonyl (C=O) groups is 1. The van der Waals surface area contributed by atoms with Crippen molar-refractivity contribution in [2.24, 2.45) is 0 Å². The zero-order chi connectivity index (χ0) is 17.6. The molecule has 0 bridgehead atoms. The van der Waals surface area contributed by atoms with Crippen molar-refractivity contribution in [1.29, 1.82) is 0 Å². The van der Waals surface area contributed by atoms with E-state index in [2.05, 4.69) is 32.9 Å². The number of halogens is 1. The van der Waals surface area contributed by atoms with Gasteiger partial charge in [-0.05, 0) is 59.0 Å². The fourth-order valence-electron chi connectivity index (χ4n) is 2.15. The number of carbonyl (C=O) groups excluding carboxylic acids is 1. The first-order valence-corrected chi connectivity index (χ1v) is 9.38. The van der Waals surface area contributed by atoms with Crippen LogP contribution < -0.4 is 14.8 Å². The normalized spacial score (nSPS) is 10.3. The summed E-state index contributed by atoms with van der Waals surface area (Å²) in [6.07, 6.45) is 0. The largest absolute Gasteiger partial charge is 0.496 e. The van der Waals surface area contributed by atoms with Gasteiger partial charge >= 0.3 is 0 Å². The highest BCUT2D eigenvalue weighted by molar-refractivity contribution is 14.1. The number of amides is 1. The Kier molecular flexibility index (Phi) is 5.87. The Morgan fingerprint density at radius 3 is 2.72 bits per heavy atom. The molecule has 1 aromatic heterocycles. The summed E-state index contributed by atoms with van der Waals surface area (Å²) in [4.78, 5) is 16.5. The van der Waals surface area contributed by atoms with E-state index in [1.165, 1.54) is 11.3 Å². The molecule has 1 heterocycles. The number of aromatic nitrogens is 1. The molecule has 3 aromatic rings. The molecule has 0 aliphatic carbocycles. The molecule has 0 unspecified atom stereocenters. The summed E-state index contributed by atoms with van der Waals surface area (Å²) in [5, 5.41) is 5.16. The molecule has 2 aromatic carbocycles.